The monoisotopic (exact) mass is 690 g/mol. The van der Waals surface area contributed by atoms with Crippen LogP contribution in [0.3, 0.4) is 0 Å². The molecule has 0 radical (unpaired) electrons. The Morgan fingerprint density at radius 3 is 1.53 bits per heavy atom. The zero-order chi connectivity index (χ0) is 24.5. The SMILES string of the molecule is CC(C)(C)OC(=O)C(C)(Br)CC(C)(C)C(=O)OCCS.PP(P)P(P(P)P)P(P)P. The standard InChI is InChI=1S/C14H25BrO4S.H12P10/c1-12(2,3)19-11(17)14(6,15)9-13(4,5)10(16)18-7-8-20;1-7(2)10(8(3)4)9(5)6/h20H,7-9H2,1-6H3;1-6H2. The van der Waals surface area contributed by atoms with E-state index in [1.807, 2.05) is 0 Å². The van der Waals surface area contributed by atoms with Crippen molar-refractivity contribution in [3.8, 4) is 0 Å². The van der Waals surface area contributed by atoms with E-state index >= 15 is 0 Å². The van der Waals surface area contributed by atoms with Gasteiger partial charge in [-0.25, -0.2) is 0 Å². The molecule has 0 aliphatic carbocycles. The molecule has 0 aromatic heterocycles. The van der Waals surface area contributed by atoms with Gasteiger partial charge in [0.2, 0.25) is 0 Å². The summed E-state index contributed by atoms with van der Waals surface area (Å²) >= 11 is 7.37. The highest BCUT2D eigenvalue weighted by Crippen LogP contribution is 3.10. The number of carbonyl (C=O) groups is 2. The van der Waals surface area contributed by atoms with Gasteiger partial charge in [0.25, 0.3) is 0 Å². The molecule has 180 valence electrons. The van der Waals surface area contributed by atoms with E-state index in [4.69, 9.17) is 9.47 Å². The van der Waals surface area contributed by atoms with E-state index in [2.05, 4.69) is 82.1 Å². The van der Waals surface area contributed by atoms with Crippen molar-refractivity contribution in [1.82, 2.24) is 0 Å². The quantitative estimate of drug-likeness (QED) is 0.114. The van der Waals surface area contributed by atoms with Crippen LogP contribution in [-0.2, 0) is 19.1 Å². The first-order valence-electron chi connectivity index (χ1n) is 8.67. The fraction of sp³-hybridized carbons (Fsp3) is 0.857. The largest absolute Gasteiger partial charge is 0.464 e. The molecule has 30 heavy (non-hydrogen) atoms. The minimum absolute atomic E-state index is 0.130. The second kappa shape index (κ2) is 16.7. The molecule has 0 aliphatic heterocycles. The Bertz CT molecular complexity index is 524. The van der Waals surface area contributed by atoms with Crippen molar-refractivity contribution in [2.24, 2.45) is 5.41 Å². The van der Waals surface area contributed by atoms with Gasteiger partial charge < -0.3 is 9.47 Å². The predicted molar refractivity (Wildman–Crippen MR) is 172 cm³/mol. The molecule has 7 atom stereocenters. The second-order valence-electron chi connectivity index (χ2n) is 8.03. The van der Waals surface area contributed by atoms with Crippen LogP contribution in [-0.4, -0.2) is 34.2 Å². The highest BCUT2D eigenvalue weighted by Gasteiger charge is 2.43. The maximum atomic E-state index is 12.2. The molecule has 0 fully saturated rings. The molecule has 0 aliphatic rings. The van der Waals surface area contributed by atoms with Gasteiger partial charge in [0.15, 0.2) is 0 Å². The maximum absolute atomic E-state index is 12.2. The van der Waals surface area contributed by atoms with Crippen LogP contribution >= 0.6 is 110 Å². The zero-order valence-corrected chi connectivity index (χ0v) is 31.3. The summed E-state index contributed by atoms with van der Waals surface area (Å²) < 4.78 is 9.51. The Kier molecular flexibility index (Phi) is 20.2. The van der Waals surface area contributed by atoms with Gasteiger partial charge in [0.05, 0.1) is 5.41 Å². The third-order valence-corrected chi connectivity index (χ3v) is 53.5. The Hall–Kier alpha value is 4.07. The summed E-state index contributed by atoms with van der Waals surface area (Å²) in [5.41, 5.74) is -1.36. The summed E-state index contributed by atoms with van der Waals surface area (Å²) in [4.78, 5) is 24.1. The van der Waals surface area contributed by atoms with Gasteiger partial charge in [-0.15, -0.1) is 53.6 Å². The Labute approximate surface area is 215 Å². The van der Waals surface area contributed by atoms with E-state index in [1.165, 1.54) is 0 Å². The molecule has 0 spiro atoms. The van der Waals surface area contributed by atoms with E-state index in [-0.39, 0.29) is 52.9 Å². The third-order valence-electron chi connectivity index (χ3n) is 3.10. The molecular formula is C14H37BrO4P10S. The Morgan fingerprint density at radius 1 is 0.867 bits per heavy atom. The molecule has 0 bridgehead atoms. The molecule has 0 aromatic rings. The van der Waals surface area contributed by atoms with Crippen LogP contribution in [0.15, 0.2) is 0 Å². The number of thiol groups is 1. The van der Waals surface area contributed by atoms with Gasteiger partial charge in [-0.2, -0.15) is 12.6 Å². The van der Waals surface area contributed by atoms with Gasteiger partial charge in [0, 0.05) is 5.75 Å². The van der Waals surface area contributed by atoms with Crippen LogP contribution in [0.1, 0.15) is 48.0 Å². The molecule has 0 saturated heterocycles. The third kappa shape index (κ3) is 16.7. The average Bonchev–Trinajstić information content (AvgIpc) is 2.49. The lowest BCUT2D eigenvalue weighted by atomic mass is 9.83. The second-order valence-corrected chi connectivity index (χ2v) is 46.8. The summed E-state index contributed by atoms with van der Waals surface area (Å²) in [7, 11) is 17.7. The summed E-state index contributed by atoms with van der Waals surface area (Å²) in [5, 5.41) is 0. The molecule has 0 saturated carbocycles. The number of esters is 2. The molecular weight excluding hydrogens is 654 g/mol. The summed E-state index contributed by atoms with van der Waals surface area (Å²) in [6.45, 7) is 11.5. The van der Waals surface area contributed by atoms with Gasteiger partial charge in [0.1, 0.15) is 16.5 Å². The first kappa shape index (κ1) is 36.2. The fourth-order valence-corrected chi connectivity index (χ4v) is 89.5. The molecule has 0 aromatic carbocycles. The summed E-state index contributed by atoms with van der Waals surface area (Å²) in [6.07, 6.45) is 0.278. The lowest BCUT2D eigenvalue weighted by Crippen LogP contribution is -2.42. The highest BCUT2D eigenvalue weighted by atomic mass is 79.9. The first-order chi connectivity index (χ1) is 13.3. The summed E-state index contributed by atoms with van der Waals surface area (Å²) in [6, 6.07) is 0. The Balaban J connectivity index is 0. The van der Waals surface area contributed by atoms with Crippen molar-refractivity contribution in [3.63, 3.8) is 0 Å². The van der Waals surface area contributed by atoms with Gasteiger partial charge in [-0.3, -0.25) is 9.59 Å². The summed E-state index contributed by atoms with van der Waals surface area (Å²) in [5.74, 6) is -0.264. The lowest BCUT2D eigenvalue weighted by Gasteiger charge is -2.32. The van der Waals surface area contributed by atoms with Crippen LogP contribution in [0.2, 0.25) is 0 Å². The van der Waals surface area contributed by atoms with Crippen LogP contribution in [0.25, 0.3) is 0 Å². The molecule has 7 unspecified atom stereocenters. The van der Waals surface area contributed by atoms with Crippen molar-refractivity contribution in [1.29, 1.82) is 0 Å². The topological polar surface area (TPSA) is 52.6 Å². The molecule has 0 amide bonds. The number of hydrogen-bond acceptors (Lipinski definition) is 5. The first-order valence-corrected chi connectivity index (χ1v) is 27.3. The Morgan fingerprint density at radius 2 is 1.27 bits per heavy atom. The van der Waals surface area contributed by atoms with E-state index < -0.39 is 15.3 Å². The number of ether oxygens (including phenoxy) is 2. The smallest absolute Gasteiger partial charge is 0.323 e. The molecule has 0 N–H and O–H groups in total. The minimum Gasteiger partial charge on any atom is -0.464 e. The van der Waals surface area contributed by atoms with Crippen molar-refractivity contribution in [2.45, 2.75) is 57.9 Å². The van der Waals surface area contributed by atoms with E-state index in [0.29, 0.717) is 5.75 Å². The van der Waals surface area contributed by atoms with E-state index in [9.17, 15) is 9.59 Å². The lowest BCUT2D eigenvalue weighted by molar-refractivity contribution is -0.160. The average molecular weight is 691 g/mol. The van der Waals surface area contributed by atoms with Gasteiger partial charge >= 0.3 is 11.9 Å². The number of carbonyl (C=O) groups excluding carboxylic acids is 2. The maximum Gasteiger partial charge on any atom is 0.323 e. The normalized spacial score (nSPS) is 14.5. The van der Waals surface area contributed by atoms with Crippen molar-refractivity contribution in [2.75, 3.05) is 12.4 Å². The van der Waals surface area contributed by atoms with Crippen LogP contribution in [0.4, 0.5) is 0 Å². The number of alkyl halides is 1. The van der Waals surface area contributed by atoms with Crippen LogP contribution in [0, 0.1) is 5.41 Å². The number of rotatable bonds is 9. The predicted octanol–water partition coefficient (Wildman–Crippen LogP) is 8.77. The molecule has 16 heteroatoms. The molecule has 4 nitrogen and oxygen atoms in total. The van der Waals surface area contributed by atoms with Crippen LogP contribution in [0.5, 0.6) is 0 Å². The van der Waals surface area contributed by atoms with Crippen LogP contribution < -0.4 is 0 Å². The van der Waals surface area contributed by atoms with Crippen molar-refractivity contribution < 1.29 is 19.1 Å². The molecule has 0 rings (SSSR count). The number of halogens is 1. The van der Waals surface area contributed by atoms with E-state index in [1.54, 1.807) is 41.5 Å². The fourth-order valence-electron chi connectivity index (χ4n) is 2.05. The zero-order valence-electron chi connectivity index (χ0n) is 18.3. The van der Waals surface area contributed by atoms with E-state index in [0.717, 1.165) is 0 Å². The molecule has 0 heterocycles. The van der Waals surface area contributed by atoms with Gasteiger partial charge in [-0.1, -0.05) is 15.9 Å². The highest BCUT2D eigenvalue weighted by molar-refractivity contribution is 9.16. The van der Waals surface area contributed by atoms with Crippen molar-refractivity contribution >= 4 is 122 Å². The van der Waals surface area contributed by atoms with Crippen molar-refractivity contribution in [3.05, 3.63) is 0 Å². The van der Waals surface area contributed by atoms with Gasteiger partial charge in [-0.05, 0) is 75.9 Å². The number of hydrogen-bond donors (Lipinski definition) is 1. The minimum atomic E-state index is -0.941.